The summed E-state index contributed by atoms with van der Waals surface area (Å²) in [7, 11) is 1.31. The Morgan fingerprint density at radius 2 is 2.38 bits per heavy atom. The van der Waals surface area contributed by atoms with Gasteiger partial charge in [-0.05, 0) is 23.6 Å². The first-order chi connectivity index (χ1) is 12.7. The van der Waals surface area contributed by atoms with E-state index in [9.17, 15) is 9.59 Å². The van der Waals surface area contributed by atoms with Crippen LogP contribution in [0.2, 0.25) is 0 Å². The van der Waals surface area contributed by atoms with Gasteiger partial charge in [0.25, 0.3) is 5.91 Å². The molecule has 1 amide bonds. The molecule has 0 aromatic carbocycles. The topological polar surface area (TPSA) is 96.2 Å². The zero-order chi connectivity index (χ0) is 18.1. The third kappa shape index (κ3) is 3.22. The summed E-state index contributed by atoms with van der Waals surface area (Å²) in [4.78, 5) is 24.8. The van der Waals surface area contributed by atoms with E-state index in [1.165, 1.54) is 23.7 Å². The van der Waals surface area contributed by atoms with Crippen LogP contribution in [-0.2, 0) is 15.3 Å². The fraction of sp³-hybridized carbons (Fsp3) is 0.312. The predicted molar refractivity (Wildman–Crippen MR) is 97.4 cm³/mol. The number of hydrogen-bond acceptors (Lipinski definition) is 9. The number of ether oxygens (including phenoxy) is 1. The highest BCUT2D eigenvalue weighted by molar-refractivity contribution is 8.13. The maximum atomic E-state index is 12.1. The Kier molecular flexibility index (Phi) is 4.70. The summed E-state index contributed by atoms with van der Waals surface area (Å²) in [6, 6.07) is 7.15. The van der Waals surface area contributed by atoms with Gasteiger partial charge in [-0.1, -0.05) is 17.8 Å². The van der Waals surface area contributed by atoms with Crippen molar-refractivity contribution in [1.82, 2.24) is 15.9 Å². The van der Waals surface area contributed by atoms with E-state index in [1.54, 1.807) is 23.5 Å². The number of amidine groups is 1. The molecule has 0 radical (unpaired) electrons. The number of nitrogens with zero attached hydrogens (tertiary/aromatic N) is 2. The van der Waals surface area contributed by atoms with Gasteiger partial charge in [0, 0.05) is 11.3 Å². The number of rotatable bonds is 4. The Balaban J connectivity index is 1.44. The Hall–Kier alpha value is -2.30. The molecule has 2 aliphatic rings. The average Bonchev–Trinajstić information content (AvgIpc) is 3.39. The molecule has 2 aliphatic heterocycles. The normalized spacial score (nSPS) is 22.0. The van der Waals surface area contributed by atoms with E-state index in [0.717, 1.165) is 0 Å². The molecule has 1 saturated heterocycles. The molecule has 2 atom stereocenters. The highest BCUT2D eigenvalue weighted by atomic mass is 32.2. The lowest BCUT2D eigenvalue weighted by molar-refractivity contribution is -0.125. The fourth-order valence-corrected chi connectivity index (χ4v) is 4.50. The van der Waals surface area contributed by atoms with Crippen molar-refractivity contribution >= 4 is 40.1 Å². The second-order valence-corrected chi connectivity index (χ2v) is 7.66. The van der Waals surface area contributed by atoms with Gasteiger partial charge in [-0.3, -0.25) is 9.80 Å². The third-order valence-corrected chi connectivity index (χ3v) is 6.08. The second kappa shape index (κ2) is 7.14. The van der Waals surface area contributed by atoms with Crippen molar-refractivity contribution in [1.29, 1.82) is 0 Å². The van der Waals surface area contributed by atoms with Gasteiger partial charge in [0.2, 0.25) is 5.76 Å². The van der Waals surface area contributed by atoms with Crippen LogP contribution in [0.25, 0.3) is 0 Å². The van der Waals surface area contributed by atoms with Crippen LogP contribution in [0.4, 0.5) is 0 Å². The molecule has 0 aliphatic carbocycles. The molecule has 2 N–H and O–H groups in total. The van der Waals surface area contributed by atoms with Crippen molar-refractivity contribution in [3.05, 3.63) is 46.0 Å². The molecule has 10 heteroatoms. The Morgan fingerprint density at radius 1 is 1.50 bits per heavy atom. The van der Waals surface area contributed by atoms with Crippen molar-refractivity contribution < 1.29 is 18.7 Å². The zero-order valence-corrected chi connectivity index (χ0v) is 15.4. The van der Waals surface area contributed by atoms with Crippen LogP contribution in [0.1, 0.15) is 33.7 Å². The monoisotopic (exact) mass is 392 g/mol. The number of hydrogen-bond donors (Lipinski definition) is 2. The quantitative estimate of drug-likeness (QED) is 0.769. The minimum absolute atomic E-state index is 0.0872. The van der Waals surface area contributed by atoms with Crippen LogP contribution in [0.15, 0.2) is 39.2 Å². The smallest absolute Gasteiger partial charge is 0.373 e. The second-order valence-electron chi connectivity index (χ2n) is 5.74. The van der Waals surface area contributed by atoms with E-state index in [1.807, 2.05) is 16.5 Å². The number of esters is 1. The summed E-state index contributed by atoms with van der Waals surface area (Å²) in [6.45, 7) is 0. The summed E-state index contributed by atoms with van der Waals surface area (Å²) >= 11 is 3.08. The minimum Gasteiger partial charge on any atom is -0.463 e. The Bertz CT molecular complexity index is 848. The Labute approximate surface area is 157 Å². The van der Waals surface area contributed by atoms with E-state index in [-0.39, 0.29) is 23.8 Å². The minimum atomic E-state index is -0.511. The number of carbonyl (C=O) groups excluding carboxylic acids is 2. The zero-order valence-electron chi connectivity index (χ0n) is 13.8. The van der Waals surface area contributed by atoms with Crippen molar-refractivity contribution in [2.45, 2.75) is 24.3 Å². The highest BCUT2D eigenvalue weighted by Crippen LogP contribution is 2.33. The first-order valence-electron chi connectivity index (χ1n) is 7.92. The lowest BCUT2D eigenvalue weighted by atomic mass is 10.1. The largest absolute Gasteiger partial charge is 0.463 e. The lowest BCUT2D eigenvalue weighted by Gasteiger charge is -2.29. The highest BCUT2D eigenvalue weighted by Gasteiger charge is 2.42. The molecule has 2 aromatic heterocycles. The van der Waals surface area contributed by atoms with Crippen molar-refractivity contribution in [2.24, 2.45) is 5.10 Å². The van der Waals surface area contributed by atoms with E-state index < -0.39 is 5.97 Å². The summed E-state index contributed by atoms with van der Waals surface area (Å²) in [5, 5.41) is 8.65. The first kappa shape index (κ1) is 17.1. The maximum Gasteiger partial charge on any atom is 0.373 e. The van der Waals surface area contributed by atoms with E-state index in [0.29, 0.717) is 23.1 Å². The Morgan fingerprint density at radius 3 is 3.15 bits per heavy atom. The number of hydrazone groups is 1. The summed E-state index contributed by atoms with van der Waals surface area (Å²) < 4.78 is 10.1. The number of fused-ring (bicyclic) bond motifs is 1. The summed E-state index contributed by atoms with van der Waals surface area (Å²) in [5.41, 5.74) is 5.95. The molecule has 8 nitrogen and oxygen atoms in total. The summed E-state index contributed by atoms with van der Waals surface area (Å²) in [5.74, 6) is 0.633. The summed E-state index contributed by atoms with van der Waals surface area (Å²) in [6.07, 6.45) is 0.680. The number of thioether (sulfide) groups is 1. The van der Waals surface area contributed by atoms with Crippen LogP contribution in [0, 0.1) is 0 Å². The molecule has 136 valence electrons. The number of carbonyl (C=O) groups is 2. The van der Waals surface area contributed by atoms with Gasteiger partial charge < -0.3 is 9.15 Å². The number of hydrazine groups is 1. The molecule has 4 rings (SSSR count). The van der Waals surface area contributed by atoms with Crippen LogP contribution in [0.3, 0.4) is 0 Å². The van der Waals surface area contributed by atoms with Gasteiger partial charge in [-0.2, -0.15) is 0 Å². The van der Waals surface area contributed by atoms with Crippen molar-refractivity contribution in [3.63, 3.8) is 0 Å². The predicted octanol–water partition coefficient (Wildman–Crippen LogP) is 2.08. The van der Waals surface area contributed by atoms with E-state index >= 15 is 0 Å². The van der Waals surface area contributed by atoms with E-state index in [4.69, 9.17) is 4.42 Å². The fourth-order valence-electron chi connectivity index (χ4n) is 2.86. The molecule has 26 heavy (non-hydrogen) atoms. The van der Waals surface area contributed by atoms with Crippen LogP contribution in [0.5, 0.6) is 0 Å². The molecule has 2 aromatic rings. The average molecular weight is 392 g/mol. The van der Waals surface area contributed by atoms with Gasteiger partial charge >= 0.3 is 5.97 Å². The number of methoxy groups -OCH3 is 1. The molecule has 0 spiro atoms. The maximum absolute atomic E-state index is 12.1. The molecule has 0 bridgehead atoms. The van der Waals surface area contributed by atoms with Crippen LogP contribution < -0.4 is 10.9 Å². The molecular weight excluding hydrogens is 376 g/mol. The van der Waals surface area contributed by atoms with Gasteiger partial charge in [-0.25, -0.2) is 15.6 Å². The van der Waals surface area contributed by atoms with Gasteiger partial charge in [0.05, 0.1) is 18.9 Å². The molecular formula is C16H16N4O4S2. The van der Waals surface area contributed by atoms with E-state index in [2.05, 4.69) is 26.8 Å². The number of nitrogens with one attached hydrogen (secondary N) is 2. The molecule has 1 fully saturated rings. The van der Waals surface area contributed by atoms with Crippen LogP contribution in [-0.4, -0.2) is 35.2 Å². The third-order valence-electron chi connectivity index (χ3n) is 4.11. The number of furan rings is 1. The van der Waals surface area contributed by atoms with Crippen LogP contribution >= 0.6 is 23.1 Å². The molecule has 2 unspecified atom stereocenters. The van der Waals surface area contributed by atoms with Crippen molar-refractivity contribution in [3.8, 4) is 0 Å². The van der Waals surface area contributed by atoms with Gasteiger partial charge in [0.15, 0.2) is 5.17 Å². The van der Waals surface area contributed by atoms with Crippen molar-refractivity contribution in [2.75, 3.05) is 7.11 Å². The standard InChI is InChI=1S/C16H16N4O4S2/c1-23-15(22)12-5-4-9(24-12)8-26-16-18-17-14(21)11-7-10(19-20(11)16)13-3-2-6-25-13/h2-6,10-11,19H,7-8H2,1H3,(H,17,21). The number of amides is 1. The lowest BCUT2D eigenvalue weighted by Crippen LogP contribution is -2.52. The molecule has 4 heterocycles. The van der Waals surface area contributed by atoms with Gasteiger partial charge in [0.1, 0.15) is 11.8 Å². The van der Waals surface area contributed by atoms with Gasteiger partial charge in [-0.15, -0.1) is 16.4 Å². The molecule has 0 saturated carbocycles. The SMILES string of the molecule is COC(=O)c1ccc(CSC2=NNC(=O)C3CC(c4cccs4)NN23)o1. The number of thiophene rings is 1. The first-order valence-corrected chi connectivity index (χ1v) is 9.78.